The van der Waals surface area contributed by atoms with Crippen LogP contribution < -0.4 is 0 Å². The van der Waals surface area contributed by atoms with Gasteiger partial charge in [-0.2, -0.15) is 0 Å². The third-order valence-electron chi connectivity index (χ3n) is 2.53. The third kappa shape index (κ3) is 2.99. The summed E-state index contributed by atoms with van der Waals surface area (Å²) in [6.45, 7) is 7.29. The number of hydrogen-bond donors (Lipinski definition) is 0. The van der Waals surface area contributed by atoms with E-state index in [4.69, 9.17) is 0 Å². The van der Waals surface area contributed by atoms with Crippen LogP contribution in [-0.4, -0.2) is 49.4 Å². The summed E-state index contributed by atoms with van der Waals surface area (Å²) in [6, 6.07) is 0. The molecule has 3 nitrogen and oxygen atoms in total. The van der Waals surface area contributed by atoms with Crippen molar-refractivity contribution in [3.05, 3.63) is 6.92 Å². The highest BCUT2D eigenvalue weighted by Gasteiger charge is 2.18. The first-order valence-corrected chi connectivity index (χ1v) is 4.88. The van der Waals surface area contributed by atoms with Gasteiger partial charge in [-0.1, -0.05) is 0 Å². The molecule has 1 unspecified atom stereocenters. The predicted molar refractivity (Wildman–Crippen MR) is 53.2 cm³/mol. The molecule has 0 spiro atoms. The molecule has 1 saturated heterocycles. The average Bonchev–Trinajstić information content (AvgIpc) is 1.99. The fraction of sp³-hybridized carbons (Fsp3) is 0.800. The molecule has 1 heterocycles. The summed E-state index contributed by atoms with van der Waals surface area (Å²) in [6.07, 6.45) is 2.19. The molecule has 0 aromatic rings. The first-order chi connectivity index (χ1) is 6.11. The zero-order valence-electron chi connectivity index (χ0n) is 8.62. The first-order valence-electron chi connectivity index (χ1n) is 4.88. The molecule has 0 aromatic carbocycles. The van der Waals surface area contributed by atoms with Crippen LogP contribution in [0, 0.1) is 12.8 Å². The molecule has 13 heavy (non-hydrogen) atoms. The van der Waals surface area contributed by atoms with Crippen LogP contribution in [0.25, 0.3) is 0 Å². The minimum absolute atomic E-state index is 0.0735. The lowest BCUT2D eigenvalue weighted by Gasteiger charge is -2.31. The van der Waals surface area contributed by atoms with Crippen LogP contribution in [0.3, 0.4) is 0 Å². The number of hydrogen-bond acceptors (Lipinski definition) is 2. The summed E-state index contributed by atoms with van der Waals surface area (Å²) >= 11 is 0. The molecule has 0 aliphatic carbocycles. The molecule has 1 fully saturated rings. The molecule has 3 heteroatoms. The van der Waals surface area contributed by atoms with Crippen molar-refractivity contribution in [1.82, 2.24) is 9.80 Å². The first kappa shape index (κ1) is 10.5. The Bertz CT molecular complexity index is 176. The van der Waals surface area contributed by atoms with Crippen LogP contribution in [0.1, 0.15) is 12.8 Å². The van der Waals surface area contributed by atoms with Crippen LogP contribution in [0.2, 0.25) is 0 Å². The summed E-state index contributed by atoms with van der Waals surface area (Å²) in [4.78, 5) is 15.4. The van der Waals surface area contributed by atoms with E-state index in [9.17, 15) is 4.79 Å². The largest absolute Gasteiger partial charge is 0.349 e. The van der Waals surface area contributed by atoms with Crippen LogP contribution >= 0.6 is 0 Å². The molecule has 1 radical (unpaired) electrons. The SMILES string of the molecule is [CH2]C(CCN1CCC1)C(=O)N(C)C. The molecule has 1 rings (SSSR count). The molecule has 75 valence electrons. The number of likely N-dealkylation sites (tertiary alicyclic amines) is 1. The highest BCUT2D eigenvalue weighted by Crippen LogP contribution is 2.11. The Labute approximate surface area is 80.7 Å². The molecule has 0 N–H and O–H groups in total. The molecule has 0 saturated carbocycles. The van der Waals surface area contributed by atoms with Gasteiger partial charge in [0.05, 0.1) is 0 Å². The maximum Gasteiger partial charge on any atom is 0.225 e. The summed E-state index contributed by atoms with van der Waals surface area (Å²) in [5, 5.41) is 0. The Balaban J connectivity index is 2.15. The predicted octanol–water partition coefficient (Wildman–Crippen LogP) is 0.621. The average molecular weight is 183 g/mol. The van der Waals surface area contributed by atoms with E-state index < -0.39 is 0 Å². The van der Waals surface area contributed by atoms with Gasteiger partial charge in [-0.25, -0.2) is 0 Å². The maximum absolute atomic E-state index is 11.4. The minimum Gasteiger partial charge on any atom is -0.349 e. The third-order valence-corrected chi connectivity index (χ3v) is 2.53. The molecule has 0 aromatic heterocycles. The van der Waals surface area contributed by atoms with Crippen LogP contribution in [0.5, 0.6) is 0 Å². The number of carbonyl (C=O) groups is 1. The number of amides is 1. The number of carbonyl (C=O) groups excluding carboxylic acids is 1. The van der Waals surface area contributed by atoms with Crippen molar-refractivity contribution in [2.75, 3.05) is 33.7 Å². The van der Waals surface area contributed by atoms with Crippen LogP contribution in [0.4, 0.5) is 0 Å². The molecular formula is C10H19N2O. The lowest BCUT2D eigenvalue weighted by atomic mass is 10.1. The van der Waals surface area contributed by atoms with E-state index in [1.165, 1.54) is 19.5 Å². The van der Waals surface area contributed by atoms with Gasteiger partial charge in [0, 0.05) is 20.0 Å². The second kappa shape index (κ2) is 4.61. The van der Waals surface area contributed by atoms with E-state index in [0.29, 0.717) is 0 Å². The van der Waals surface area contributed by atoms with Crippen LogP contribution in [-0.2, 0) is 4.79 Å². The molecule has 1 amide bonds. The summed E-state index contributed by atoms with van der Waals surface area (Å²) < 4.78 is 0. The van der Waals surface area contributed by atoms with Gasteiger partial charge in [0.1, 0.15) is 0 Å². The highest BCUT2D eigenvalue weighted by molar-refractivity contribution is 5.78. The van der Waals surface area contributed by atoms with Gasteiger partial charge < -0.3 is 9.80 Å². The lowest BCUT2D eigenvalue weighted by molar-refractivity contribution is -0.131. The van der Waals surface area contributed by atoms with Gasteiger partial charge in [0.2, 0.25) is 5.91 Å². The second-order valence-corrected chi connectivity index (χ2v) is 3.91. The smallest absolute Gasteiger partial charge is 0.225 e. The van der Waals surface area contributed by atoms with Crippen molar-refractivity contribution in [3.8, 4) is 0 Å². The molecular weight excluding hydrogens is 164 g/mol. The topological polar surface area (TPSA) is 23.6 Å². The van der Waals surface area contributed by atoms with Gasteiger partial charge in [0.15, 0.2) is 0 Å². The van der Waals surface area contributed by atoms with Gasteiger partial charge in [-0.15, -0.1) is 0 Å². The number of nitrogens with zero attached hydrogens (tertiary/aromatic N) is 2. The van der Waals surface area contributed by atoms with Gasteiger partial charge in [0.25, 0.3) is 0 Å². The van der Waals surface area contributed by atoms with E-state index in [1.54, 1.807) is 19.0 Å². The Morgan fingerprint density at radius 2 is 2.15 bits per heavy atom. The highest BCUT2D eigenvalue weighted by atomic mass is 16.2. The van der Waals surface area contributed by atoms with E-state index >= 15 is 0 Å². The Morgan fingerprint density at radius 1 is 1.54 bits per heavy atom. The quantitative estimate of drug-likeness (QED) is 0.638. The lowest BCUT2D eigenvalue weighted by Crippen LogP contribution is -2.39. The molecule has 1 atom stereocenters. The van der Waals surface area contributed by atoms with Crippen LogP contribution in [0.15, 0.2) is 0 Å². The zero-order chi connectivity index (χ0) is 9.84. The summed E-state index contributed by atoms with van der Waals surface area (Å²) in [5.74, 6) is 0.0659. The minimum atomic E-state index is -0.0735. The van der Waals surface area contributed by atoms with Gasteiger partial charge in [-0.3, -0.25) is 4.79 Å². The fourth-order valence-electron chi connectivity index (χ4n) is 1.43. The Kier molecular flexibility index (Phi) is 3.72. The van der Waals surface area contributed by atoms with Crippen molar-refractivity contribution in [2.24, 2.45) is 5.92 Å². The summed E-state index contributed by atoms with van der Waals surface area (Å²) in [7, 11) is 3.56. The van der Waals surface area contributed by atoms with E-state index in [-0.39, 0.29) is 11.8 Å². The Hall–Kier alpha value is -0.570. The van der Waals surface area contributed by atoms with E-state index in [1.807, 2.05) is 0 Å². The molecule has 0 bridgehead atoms. The normalized spacial score (nSPS) is 19.3. The van der Waals surface area contributed by atoms with E-state index in [0.717, 1.165) is 13.0 Å². The molecule has 1 aliphatic rings. The Morgan fingerprint density at radius 3 is 2.54 bits per heavy atom. The maximum atomic E-state index is 11.4. The summed E-state index contributed by atoms with van der Waals surface area (Å²) in [5.41, 5.74) is 0. The van der Waals surface area contributed by atoms with Crippen molar-refractivity contribution < 1.29 is 4.79 Å². The number of rotatable bonds is 4. The van der Waals surface area contributed by atoms with Crippen molar-refractivity contribution in [2.45, 2.75) is 12.8 Å². The van der Waals surface area contributed by atoms with Gasteiger partial charge >= 0.3 is 0 Å². The monoisotopic (exact) mass is 183 g/mol. The van der Waals surface area contributed by atoms with Crippen molar-refractivity contribution in [3.63, 3.8) is 0 Å². The molecule has 1 aliphatic heterocycles. The zero-order valence-corrected chi connectivity index (χ0v) is 8.62. The standard InChI is InChI=1S/C10H19N2O/c1-9(10(13)11(2)3)5-8-12-6-4-7-12/h9H,1,4-8H2,2-3H3. The van der Waals surface area contributed by atoms with Gasteiger partial charge in [-0.05, 0) is 39.4 Å². The van der Waals surface area contributed by atoms with E-state index in [2.05, 4.69) is 11.8 Å². The van der Waals surface area contributed by atoms with Crippen molar-refractivity contribution >= 4 is 5.91 Å². The van der Waals surface area contributed by atoms with Crippen molar-refractivity contribution in [1.29, 1.82) is 0 Å². The fourth-order valence-corrected chi connectivity index (χ4v) is 1.43. The second-order valence-electron chi connectivity index (χ2n) is 3.91.